The van der Waals surface area contributed by atoms with Crippen molar-refractivity contribution in [2.24, 2.45) is 0 Å². The maximum atomic E-state index is 12.6. The van der Waals surface area contributed by atoms with Gasteiger partial charge in [-0.25, -0.2) is 4.98 Å². The van der Waals surface area contributed by atoms with E-state index in [-0.39, 0.29) is 17.5 Å². The highest BCUT2D eigenvalue weighted by atomic mass is 19.4. The molecule has 0 aliphatic carbocycles. The highest BCUT2D eigenvalue weighted by Crippen LogP contribution is 2.29. The van der Waals surface area contributed by atoms with Crippen molar-refractivity contribution in [3.8, 4) is 22.8 Å². The van der Waals surface area contributed by atoms with E-state index in [4.69, 9.17) is 0 Å². The average Bonchev–Trinajstić information content (AvgIpc) is 2.68. The molecule has 1 aromatic heterocycles. The number of hydrogen-bond acceptors (Lipinski definition) is 6. The van der Waals surface area contributed by atoms with Crippen LogP contribution in [0.5, 0.6) is 11.5 Å². The lowest BCUT2D eigenvalue weighted by Crippen LogP contribution is -2.17. The van der Waals surface area contributed by atoms with E-state index < -0.39 is 6.36 Å². The van der Waals surface area contributed by atoms with Crippen LogP contribution in [0.3, 0.4) is 0 Å². The van der Waals surface area contributed by atoms with E-state index in [2.05, 4.69) is 25.3 Å². The van der Waals surface area contributed by atoms with Gasteiger partial charge in [-0.1, -0.05) is 19.1 Å². The number of aromatic hydroxyl groups is 1. The molecule has 0 radical (unpaired) electrons. The minimum atomic E-state index is -4.78. The summed E-state index contributed by atoms with van der Waals surface area (Å²) < 4.78 is 41.7. The molecule has 0 aliphatic rings. The highest BCUT2D eigenvalue weighted by molar-refractivity contribution is 5.68. The van der Waals surface area contributed by atoms with Crippen molar-refractivity contribution < 1.29 is 23.0 Å². The van der Waals surface area contributed by atoms with Crippen LogP contribution in [0.2, 0.25) is 0 Å². The number of halogens is 3. The Bertz CT molecular complexity index is 994. The van der Waals surface area contributed by atoms with Crippen LogP contribution in [0.25, 0.3) is 11.3 Å². The summed E-state index contributed by atoms with van der Waals surface area (Å²) in [5.74, 6) is 0.580. The predicted molar refractivity (Wildman–Crippen MR) is 109 cm³/mol. The Balaban J connectivity index is 1.97. The molecular weight excluding hydrogens is 397 g/mol. The first-order chi connectivity index (χ1) is 14.2. The Kier molecular flexibility index (Phi) is 6.29. The van der Waals surface area contributed by atoms with E-state index in [1.807, 2.05) is 13.8 Å². The summed E-state index contributed by atoms with van der Waals surface area (Å²) in [6, 6.07) is 13.7. The van der Waals surface area contributed by atoms with Crippen LogP contribution < -0.4 is 15.4 Å². The zero-order valence-corrected chi connectivity index (χ0v) is 16.4. The zero-order valence-electron chi connectivity index (χ0n) is 16.4. The molecule has 1 atom stereocenters. The Morgan fingerprint density at radius 3 is 2.47 bits per heavy atom. The van der Waals surface area contributed by atoms with Crippen molar-refractivity contribution in [3.63, 3.8) is 0 Å². The lowest BCUT2D eigenvalue weighted by Gasteiger charge is -2.15. The molecule has 9 heteroatoms. The molecule has 0 unspecified atom stereocenters. The van der Waals surface area contributed by atoms with Crippen molar-refractivity contribution in [2.45, 2.75) is 32.7 Å². The fourth-order valence-corrected chi connectivity index (χ4v) is 2.59. The molecule has 0 fully saturated rings. The number of phenolic OH excluding ortho intramolecular Hbond substituents is 1. The van der Waals surface area contributed by atoms with Gasteiger partial charge in [-0.05, 0) is 49.7 Å². The molecule has 158 valence electrons. The Labute approximate surface area is 171 Å². The van der Waals surface area contributed by atoms with Crippen molar-refractivity contribution in [2.75, 3.05) is 10.6 Å². The molecule has 1 heterocycles. The summed E-state index contributed by atoms with van der Waals surface area (Å²) in [5.41, 5.74) is 1.55. The highest BCUT2D eigenvalue weighted by Gasteiger charge is 2.31. The minimum Gasteiger partial charge on any atom is -0.508 e. The molecule has 3 N–H and O–H groups in total. The van der Waals surface area contributed by atoms with Gasteiger partial charge in [-0.15, -0.1) is 13.2 Å². The van der Waals surface area contributed by atoms with Crippen LogP contribution in [0.4, 0.5) is 30.6 Å². The lowest BCUT2D eigenvalue weighted by molar-refractivity contribution is -0.274. The zero-order chi connectivity index (χ0) is 21.7. The number of alkyl halides is 3. The van der Waals surface area contributed by atoms with Crippen molar-refractivity contribution >= 4 is 17.5 Å². The largest absolute Gasteiger partial charge is 0.573 e. The smallest absolute Gasteiger partial charge is 0.508 e. The van der Waals surface area contributed by atoms with Gasteiger partial charge >= 0.3 is 6.36 Å². The van der Waals surface area contributed by atoms with Gasteiger partial charge in [0.15, 0.2) is 0 Å². The number of ether oxygens (including phenoxy) is 1. The molecule has 0 amide bonds. The molecule has 30 heavy (non-hydrogen) atoms. The number of hydrogen-bond donors (Lipinski definition) is 3. The number of rotatable bonds is 7. The molecule has 3 rings (SSSR count). The van der Waals surface area contributed by atoms with E-state index >= 15 is 0 Å². The third kappa shape index (κ3) is 6.00. The first-order valence-corrected chi connectivity index (χ1v) is 9.29. The first-order valence-electron chi connectivity index (χ1n) is 9.29. The number of anilines is 3. The van der Waals surface area contributed by atoms with E-state index in [0.29, 0.717) is 28.7 Å². The summed E-state index contributed by atoms with van der Waals surface area (Å²) in [4.78, 5) is 8.89. The van der Waals surface area contributed by atoms with Gasteiger partial charge in [0.2, 0.25) is 5.95 Å². The number of nitrogens with zero attached hydrogens (tertiary/aromatic N) is 2. The van der Waals surface area contributed by atoms with Crippen molar-refractivity contribution in [1.82, 2.24) is 9.97 Å². The summed E-state index contributed by atoms with van der Waals surface area (Å²) >= 11 is 0. The van der Waals surface area contributed by atoms with Gasteiger partial charge in [0.25, 0.3) is 0 Å². The maximum Gasteiger partial charge on any atom is 0.573 e. The summed E-state index contributed by atoms with van der Waals surface area (Å²) in [5, 5.41) is 15.7. The Hall–Kier alpha value is -3.49. The van der Waals surface area contributed by atoms with Crippen LogP contribution in [0, 0.1) is 0 Å². The van der Waals surface area contributed by atoms with Crippen LogP contribution in [0.1, 0.15) is 20.3 Å². The van der Waals surface area contributed by atoms with Crippen molar-refractivity contribution in [3.05, 3.63) is 54.6 Å². The van der Waals surface area contributed by atoms with Gasteiger partial charge in [-0.2, -0.15) is 4.98 Å². The molecule has 0 aliphatic heterocycles. The molecule has 3 aromatic rings. The number of nitrogens with one attached hydrogen (secondary N) is 2. The monoisotopic (exact) mass is 418 g/mol. The van der Waals surface area contributed by atoms with Crippen LogP contribution >= 0.6 is 0 Å². The molecule has 0 bridgehead atoms. The summed E-state index contributed by atoms with van der Waals surface area (Å²) in [6.07, 6.45) is -3.94. The van der Waals surface area contributed by atoms with Crippen LogP contribution in [-0.4, -0.2) is 27.5 Å². The number of phenols is 1. The number of benzene rings is 2. The number of aromatic nitrogens is 2. The molecule has 0 saturated heterocycles. The second-order valence-corrected chi connectivity index (χ2v) is 6.66. The third-order valence-corrected chi connectivity index (χ3v) is 4.22. The van der Waals surface area contributed by atoms with Gasteiger partial charge in [0.05, 0.1) is 5.69 Å². The van der Waals surface area contributed by atoms with E-state index in [1.165, 1.54) is 30.3 Å². The van der Waals surface area contributed by atoms with Gasteiger partial charge in [0.1, 0.15) is 17.3 Å². The standard InChI is InChI=1S/C21H21F3N4O2/c1-3-13(2)25-20-27-18(14-5-4-6-17(11-14)30-21(22,23)24)12-19(28-20)26-15-7-9-16(29)10-8-15/h4-13,29H,3H2,1-2H3,(H2,25,26,27,28)/t13-/m0/s1. The quantitative estimate of drug-likeness (QED) is 0.427. The minimum absolute atomic E-state index is 0.0988. The summed E-state index contributed by atoms with van der Waals surface area (Å²) in [6.45, 7) is 3.98. The van der Waals surface area contributed by atoms with Gasteiger partial charge in [-0.3, -0.25) is 0 Å². The SMILES string of the molecule is CC[C@H](C)Nc1nc(Nc2ccc(O)cc2)cc(-c2cccc(OC(F)(F)F)c2)n1. The normalized spacial score (nSPS) is 12.3. The van der Waals surface area contributed by atoms with Crippen LogP contribution in [-0.2, 0) is 0 Å². The van der Waals surface area contributed by atoms with Crippen LogP contribution in [0.15, 0.2) is 54.6 Å². The van der Waals surface area contributed by atoms with E-state index in [0.717, 1.165) is 6.42 Å². The van der Waals surface area contributed by atoms with Crippen molar-refractivity contribution in [1.29, 1.82) is 0 Å². The van der Waals surface area contributed by atoms with Gasteiger partial charge in [0, 0.05) is 23.4 Å². The van der Waals surface area contributed by atoms with E-state index in [9.17, 15) is 18.3 Å². The molecule has 2 aromatic carbocycles. The Morgan fingerprint density at radius 1 is 1.07 bits per heavy atom. The molecule has 0 saturated carbocycles. The summed E-state index contributed by atoms with van der Waals surface area (Å²) in [7, 11) is 0. The predicted octanol–water partition coefficient (Wildman–Crippen LogP) is 5.70. The second kappa shape index (κ2) is 8.89. The molecule has 6 nitrogen and oxygen atoms in total. The molecule has 0 spiro atoms. The molecular formula is C21H21F3N4O2. The topological polar surface area (TPSA) is 79.3 Å². The lowest BCUT2D eigenvalue weighted by atomic mass is 10.1. The van der Waals surface area contributed by atoms with E-state index in [1.54, 1.807) is 24.3 Å². The fourth-order valence-electron chi connectivity index (χ4n) is 2.59. The second-order valence-electron chi connectivity index (χ2n) is 6.66. The Morgan fingerprint density at radius 2 is 1.80 bits per heavy atom. The first kappa shape index (κ1) is 21.2. The third-order valence-electron chi connectivity index (χ3n) is 4.22. The maximum absolute atomic E-state index is 12.6. The fraction of sp³-hybridized carbons (Fsp3) is 0.238. The average molecular weight is 418 g/mol. The van der Waals surface area contributed by atoms with Gasteiger partial charge < -0.3 is 20.5 Å².